The quantitative estimate of drug-likeness (QED) is 0.238. The maximum absolute atomic E-state index is 13.6. The minimum Gasteiger partial charge on any atom is -0.459 e. The number of hydrogen-bond acceptors (Lipinski definition) is 3. The second-order valence-electron chi connectivity index (χ2n) is 5.26. The van der Waals surface area contributed by atoms with Gasteiger partial charge in [-0.15, -0.1) is 24.0 Å². The summed E-state index contributed by atoms with van der Waals surface area (Å²) < 4.78 is 18.6. The van der Waals surface area contributed by atoms with E-state index in [1.165, 1.54) is 12.3 Å². The Kier molecular flexibility index (Phi) is 10.4. The van der Waals surface area contributed by atoms with Crippen molar-refractivity contribution in [3.05, 3.63) is 59.8 Å². The zero-order valence-corrected chi connectivity index (χ0v) is 17.0. The number of carbonyl (C=O) groups excluding carboxylic acids is 1. The summed E-state index contributed by atoms with van der Waals surface area (Å²) >= 11 is 0. The lowest BCUT2D eigenvalue weighted by atomic mass is 10.1. The molecule has 0 unspecified atom stereocenters. The maximum Gasteiger partial charge on any atom is 0.287 e. The van der Waals surface area contributed by atoms with E-state index in [9.17, 15) is 9.18 Å². The molecule has 0 spiro atoms. The molecule has 0 bridgehead atoms. The first kappa shape index (κ1) is 21.9. The van der Waals surface area contributed by atoms with E-state index in [1.807, 2.05) is 13.0 Å². The fourth-order valence-corrected chi connectivity index (χ4v) is 2.18. The van der Waals surface area contributed by atoms with Gasteiger partial charge < -0.3 is 20.4 Å². The Morgan fingerprint density at radius 3 is 2.58 bits per heavy atom. The molecule has 26 heavy (non-hydrogen) atoms. The summed E-state index contributed by atoms with van der Waals surface area (Å²) in [4.78, 5) is 16.1. The number of nitrogens with zero attached hydrogens (tertiary/aromatic N) is 1. The first-order valence-electron chi connectivity index (χ1n) is 8.28. The molecule has 0 saturated heterocycles. The summed E-state index contributed by atoms with van der Waals surface area (Å²) in [7, 11) is 0. The molecule has 0 atom stereocenters. The first-order valence-corrected chi connectivity index (χ1v) is 8.28. The standard InChI is InChI=1S/C18H23FN4O2.HI/c1-2-20-18(22-10-9-14-6-3-4-7-15(14)19)23-12-11-21-17(24)16-8-5-13-25-16;/h3-8,13H,2,9-12H2,1H3,(H,21,24)(H2,20,22,23);1H. The van der Waals surface area contributed by atoms with Gasteiger partial charge >= 0.3 is 0 Å². The second-order valence-corrected chi connectivity index (χ2v) is 5.26. The van der Waals surface area contributed by atoms with Gasteiger partial charge in [0.2, 0.25) is 0 Å². The van der Waals surface area contributed by atoms with Crippen LogP contribution < -0.4 is 16.0 Å². The van der Waals surface area contributed by atoms with Crippen molar-refractivity contribution in [2.24, 2.45) is 4.99 Å². The van der Waals surface area contributed by atoms with E-state index >= 15 is 0 Å². The fraction of sp³-hybridized carbons (Fsp3) is 0.333. The van der Waals surface area contributed by atoms with Crippen LogP contribution in [0.25, 0.3) is 0 Å². The van der Waals surface area contributed by atoms with Crippen LogP contribution in [0.3, 0.4) is 0 Å². The number of guanidine groups is 1. The van der Waals surface area contributed by atoms with E-state index in [0.29, 0.717) is 44.1 Å². The van der Waals surface area contributed by atoms with Crippen molar-refractivity contribution in [1.82, 2.24) is 16.0 Å². The molecule has 0 aliphatic rings. The minimum atomic E-state index is -0.256. The molecule has 6 nitrogen and oxygen atoms in total. The number of benzene rings is 1. The molecule has 0 aliphatic heterocycles. The molecule has 2 rings (SSSR count). The van der Waals surface area contributed by atoms with Crippen LogP contribution in [0.5, 0.6) is 0 Å². The van der Waals surface area contributed by atoms with Gasteiger partial charge in [0.05, 0.1) is 6.26 Å². The molecular weight excluding hydrogens is 450 g/mol. The number of amides is 1. The number of aliphatic imine (C=N–C) groups is 1. The van der Waals surface area contributed by atoms with Crippen molar-refractivity contribution >= 4 is 35.8 Å². The Balaban J connectivity index is 0.00000338. The SMILES string of the molecule is CCNC(=NCCc1ccccc1F)NCCNC(=O)c1ccco1.I. The summed E-state index contributed by atoms with van der Waals surface area (Å²) in [5, 5.41) is 8.98. The molecule has 0 radical (unpaired) electrons. The fourth-order valence-electron chi connectivity index (χ4n) is 2.18. The van der Waals surface area contributed by atoms with Crippen molar-refractivity contribution in [2.45, 2.75) is 13.3 Å². The molecule has 1 heterocycles. The predicted octanol–water partition coefficient (Wildman–Crippen LogP) is 2.56. The number of hydrogen-bond donors (Lipinski definition) is 3. The highest BCUT2D eigenvalue weighted by atomic mass is 127. The van der Waals surface area contributed by atoms with Gasteiger partial charge in [0.25, 0.3) is 5.91 Å². The highest BCUT2D eigenvalue weighted by Crippen LogP contribution is 2.06. The van der Waals surface area contributed by atoms with E-state index < -0.39 is 0 Å². The Morgan fingerprint density at radius 2 is 1.88 bits per heavy atom. The third-order valence-corrected chi connectivity index (χ3v) is 3.40. The molecular formula is C18H24FIN4O2. The zero-order chi connectivity index (χ0) is 17.9. The number of nitrogens with one attached hydrogen (secondary N) is 3. The molecule has 2 aromatic rings. The van der Waals surface area contributed by atoms with Crippen LogP contribution in [0, 0.1) is 5.82 Å². The molecule has 1 amide bonds. The maximum atomic E-state index is 13.6. The second kappa shape index (κ2) is 12.3. The van der Waals surface area contributed by atoms with Gasteiger partial charge in [0, 0.05) is 26.2 Å². The topological polar surface area (TPSA) is 78.7 Å². The van der Waals surface area contributed by atoms with Crippen molar-refractivity contribution in [3.63, 3.8) is 0 Å². The van der Waals surface area contributed by atoms with Crippen LogP contribution in [-0.2, 0) is 6.42 Å². The lowest BCUT2D eigenvalue weighted by Gasteiger charge is -2.11. The molecule has 0 fully saturated rings. The molecule has 0 saturated carbocycles. The highest BCUT2D eigenvalue weighted by Gasteiger charge is 2.07. The van der Waals surface area contributed by atoms with Crippen molar-refractivity contribution in [1.29, 1.82) is 0 Å². The van der Waals surface area contributed by atoms with Gasteiger partial charge in [0.1, 0.15) is 5.82 Å². The Labute approximate surface area is 169 Å². The highest BCUT2D eigenvalue weighted by molar-refractivity contribution is 14.0. The summed E-state index contributed by atoms with van der Waals surface area (Å²) in [6.45, 7) is 4.08. The van der Waals surface area contributed by atoms with E-state index in [4.69, 9.17) is 4.42 Å². The van der Waals surface area contributed by atoms with Crippen LogP contribution in [0.15, 0.2) is 52.1 Å². The van der Waals surface area contributed by atoms with E-state index in [1.54, 1.807) is 24.3 Å². The average molecular weight is 474 g/mol. The van der Waals surface area contributed by atoms with Gasteiger partial charge in [-0.2, -0.15) is 0 Å². The van der Waals surface area contributed by atoms with Crippen LogP contribution >= 0.6 is 24.0 Å². The monoisotopic (exact) mass is 474 g/mol. The molecule has 1 aromatic carbocycles. The molecule has 142 valence electrons. The minimum absolute atomic E-state index is 0. The lowest BCUT2D eigenvalue weighted by molar-refractivity contribution is 0.0926. The number of furan rings is 1. The Morgan fingerprint density at radius 1 is 1.12 bits per heavy atom. The molecule has 8 heteroatoms. The Hall–Kier alpha value is -2.10. The summed E-state index contributed by atoms with van der Waals surface area (Å²) in [5.41, 5.74) is 0.646. The van der Waals surface area contributed by atoms with E-state index in [0.717, 1.165) is 0 Å². The number of halogens is 2. The molecule has 0 aliphatic carbocycles. The lowest BCUT2D eigenvalue weighted by Crippen LogP contribution is -2.41. The van der Waals surface area contributed by atoms with Crippen molar-refractivity contribution in [2.75, 3.05) is 26.2 Å². The number of rotatable bonds is 8. The summed E-state index contributed by atoms with van der Waals surface area (Å²) in [6.07, 6.45) is 1.98. The van der Waals surface area contributed by atoms with Crippen LogP contribution in [0.4, 0.5) is 4.39 Å². The normalized spacial score (nSPS) is 10.8. The van der Waals surface area contributed by atoms with Crippen LogP contribution in [0.2, 0.25) is 0 Å². The average Bonchev–Trinajstić information content (AvgIpc) is 3.15. The van der Waals surface area contributed by atoms with Gasteiger partial charge in [-0.25, -0.2) is 4.39 Å². The summed E-state index contributed by atoms with van der Waals surface area (Å²) in [6, 6.07) is 9.97. The van der Waals surface area contributed by atoms with Crippen molar-refractivity contribution < 1.29 is 13.6 Å². The molecule has 3 N–H and O–H groups in total. The smallest absolute Gasteiger partial charge is 0.287 e. The van der Waals surface area contributed by atoms with Crippen molar-refractivity contribution in [3.8, 4) is 0 Å². The first-order chi connectivity index (χ1) is 12.2. The Bertz CT molecular complexity index is 692. The van der Waals surface area contributed by atoms with Gasteiger partial charge in [0.15, 0.2) is 11.7 Å². The van der Waals surface area contributed by atoms with E-state index in [-0.39, 0.29) is 41.5 Å². The third kappa shape index (κ3) is 7.42. The summed E-state index contributed by atoms with van der Waals surface area (Å²) in [5.74, 6) is 0.445. The molecule has 1 aromatic heterocycles. The number of carbonyl (C=O) groups is 1. The largest absolute Gasteiger partial charge is 0.459 e. The van der Waals surface area contributed by atoms with Crippen LogP contribution in [-0.4, -0.2) is 38.0 Å². The van der Waals surface area contributed by atoms with Gasteiger partial charge in [-0.05, 0) is 37.1 Å². The zero-order valence-electron chi connectivity index (χ0n) is 14.6. The van der Waals surface area contributed by atoms with Crippen LogP contribution in [0.1, 0.15) is 23.0 Å². The van der Waals surface area contributed by atoms with Gasteiger partial charge in [-0.3, -0.25) is 9.79 Å². The van der Waals surface area contributed by atoms with Gasteiger partial charge in [-0.1, -0.05) is 18.2 Å². The predicted molar refractivity (Wildman–Crippen MR) is 111 cm³/mol. The third-order valence-electron chi connectivity index (χ3n) is 3.40. The van der Waals surface area contributed by atoms with E-state index in [2.05, 4.69) is 20.9 Å².